The van der Waals surface area contributed by atoms with Gasteiger partial charge in [0.25, 0.3) is 0 Å². The van der Waals surface area contributed by atoms with Gasteiger partial charge in [0.15, 0.2) is 5.58 Å². The summed E-state index contributed by atoms with van der Waals surface area (Å²) in [4.78, 5) is 4.50. The van der Waals surface area contributed by atoms with Gasteiger partial charge in [0.2, 0.25) is 5.89 Å². The Morgan fingerprint density at radius 1 is 1.05 bits per heavy atom. The van der Waals surface area contributed by atoms with Crippen molar-refractivity contribution in [2.24, 2.45) is 0 Å². The summed E-state index contributed by atoms with van der Waals surface area (Å²) in [7, 11) is 0. The summed E-state index contributed by atoms with van der Waals surface area (Å²) in [6, 6.07) is 16.0. The SMILES string of the molecule is BrCc1ccc2oc(-c3ccccc3)nc2c1.CC. The van der Waals surface area contributed by atoms with Crippen LogP contribution in [-0.2, 0) is 5.33 Å². The van der Waals surface area contributed by atoms with E-state index in [-0.39, 0.29) is 0 Å². The molecule has 19 heavy (non-hydrogen) atoms. The molecule has 0 amide bonds. The zero-order chi connectivity index (χ0) is 13.7. The lowest BCUT2D eigenvalue weighted by Gasteiger charge is -1.91. The van der Waals surface area contributed by atoms with Gasteiger partial charge in [-0.25, -0.2) is 4.98 Å². The number of halogens is 1. The van der Waals surface area contributed by atoms with Gasteiger partial charge in [0, 0.05) is 10.9 Å². The summed E-state index contributed by atoms with van der Waals surface area (Å²) >= 11 is 3.44. The molecule has 0 atom stereocenters. The first-order valence-electron chi connectivity index (χ1n) is 6.37. The molecule has 2 aromatic carbocycles. The van der Waals surface area contributed by atoms with Crippen molar-refractivity contribution in [1.82, 2.24) is 4.98 Å². The number of nitrogens with zero attached hydrogens (tertiary/aromatic N) is 1. The maximum absolute atomic E-state index is 5.73. The number of hydrogen-bond acceptors (Lipinski definition) is 2. The summed E-state index contributed by atoms with van der Waals surface area (Å²) in [5.41, 5.74) is 3.93. The number of alkyl halides is 1. The van der Waals surface area contributed by atoms with Gasteiger partial charge >= 0.3 is 0 Å². The predicted octanol–water partition coefficient (Wildman–Crippen LogP) is 5.42. The van der Waals surface area contributed by atoms with Crippen LogP contribution >= 0.6 is 15.9 Å². The fraction of sp³-hybridized carbons (Fsp3) is 0.188. The van der Waals surface area contributed by atoms with Crippen molar-refractivity contribution in [1.29, 1.82) is 0 Å². The number of aromatic nitrogens is 1. The van der Waals surface area contributed by atoms with E-state index in [1.807, 2.05) is 62.4 Å². The highest BCUT2D eigenvalue weighted by Gasteiger charge is 2.07. The molecular weight excluding hydrogens is 302 g/mol. The lowest BCUT2D eigenvalue weighted by Crippen LogP contribution is -1.77. The van der Waals surface area contributed by atoms with Gasteiger partial charge in [-0.05, 0) is 29.8 Å². The first kappa shape index (κ1) is 13.8. The molecule has 0 unspecified atom stereocenters. The minimum absolute atomic E-state index is 0.673. The molecular formula is C16H16BrNO. The molecule has 0 aliphatic carbocycles. The van der Waals surface area contributed by atoms with Gasteiger partial charge in [0.1, 0.15) is 5.52 Å². The van der Waals surface area contributed by atoms with E-state index in [9.17, 15) is 0 Å². The zero-order valence-corrected chi connectivity index (χ0v) is 12.6. The Morgan fingerprint density at radius 3 is 2.47 bits per heavy atom. The Labute approximate surface area is 121 Å². The first-order valence-corrected chi connectivity index (χ1v) is 7.50. The van der Waals surface area contributed by atoms with Crippen molar-refractivity contribution in [3.05, 3.63) is 54.1 Å². The van der Waals surface area contributed by atoms with Gasteiger partial charge in [-0.15, -0.1) is 0 Å². The predicted molar refractivity (Wildman–Crippen MR) is 83.4 cm³/mol. The lowest BCUT2D eigenvalue weighted by molar-refractivity contribution is 0.620. The summed E-state index contributed by atoms with van der Waals surface area (Å²) in [6.07, 6.45) is 0. The van der Waals surface area contributed by atoms with Crippen molar-refractivity contribution in [2.45, 2.75) is 19.2 Å². The molecule has 0 radical (unpaired) electrons. The number of benzene rings is 2. The molecule has 98 valence electrons. The molecule has 2 nitrogen and oxygen atoms in total. The summed E-state index contributed by atoms with van der Waals surface area (Å²) in [5, 5.41) is 0.830. The molecule has 1 heterocycles. The zero-order valence-electron chi connectivity index (χ0n) is 11.1. The van der Waals surface area contributed by atoms with Crippen LogP contribution in [0, 0.1) is 0 Å². The molecule has 3 heteroatoms. The summed E-state index contributed by atoms with van der Waals surface area (Å²) in [6.45, 7) is 4.00. The largest absolute Gasteiger partial charge is 0.436 e. The third-order valence-electron chi connectivity index (χ3n) is 2.63. The highest BCUT2D eigenvalue weighted by atomic mass is 79.9. The topological polar surface area (TPSA) is 26.0 Å². The van der Waals surface area contributed by atoms with E-state index < -0.39 is 0 Å². The minimum Gasteiger partial charge on any atom is -0.436 e. The lowest BCUT2D eigenvalue weighted by atomic mass is 10.2. The van der Waals surface area contributed by atoms with Crippen LogP contribution in [-0.4, -0.2) is 4.98 Å². The van der Waals surface area contributed by atoms with E-state index in [1.54, 1.807) is 0 Å². The Kier molecular flexibility index (Phi) is 4.74. The molecule has 0 fully saturated rings. The Bertz CT molecular complexity index is 646. The molecule has 0 bridgehead atoms. The van der Waals surface area contributed by atoms with Crippen molar-refractivity contribution >= 4 is 27.0 Å². The molecule has 3 aromatic rings. The highest BCUT2D eigenvalue weighted by Crippen LogP contribution is 2.25. The maximum Gasteiger partial charge on any atom is 0.227 e. The standard InChI is InChI=1S/C14H10BrNO.C2H6/c15-9-10-6-7-13-12(8-10)16-14(17-13)11-4-2-1-3-5-11;1-2/h1-8H,9H2;1-2H3. The molecule has 0 N–H and O–H groups in total. The Hall–Kier alpha value is -1.61. The fourth-order valence-corrected chi connectivity index (χ4v) is 2.11. The van der Waals surface area contributed by atoms with Gasteiger partial charge in [-0.3, -0.25) is 0 Å². The summed E-state index contributed by atoms with van der Waals surface area (Å²) in [5.74, 6) is 0.673. The molecule has 1 aromatic heterocycles. The van der Waals surface area contributed by atoms with Crippen LogP contribution in [0.3, 0.4) is 0 Å². The highest BCUT2D eigenvalue weighted by molar-refractivity contribution is 9.08. The quantitative estimate of drug-likeness (QED) is 0.590. The van der Waals surface area contributed by atoms with Gasteiger partial charge < -0.3 is 4.42 Å². The average molecular weight is 318 g/mol. The second-order valence-electron chi connectivity index (χ2n) is 3.82. The van der Waals surface area contributed by atoms with Crippen molar-refractivity contribution in [2.75, 3.05) is 0 Å². The van der Waals surface area contributed by atoms with E-state index >= 15 is 0 Å². The van der Waals surface area contributed by atoms with Crippen LogP contribution in [0.1, 0.15) is 19.4 Å². The monoisotopic (exact) mass is 317 g/mol. The second-order valence-corrected chi connectivity index (χ2v) is 4.38. The van der Waals surface area contributed by atoms with Gasteiger partial charge in [-0.1, -0.05) is 54.0 Å². The van der Waals surface area contributed by atoms with E-state index in [2.05, 4.69) is 20.9 Å². The average Bonchev–Trinajstić information content (AvgIpc) is 2.93. The van der Waals surface area contributed by atoms with Crippen LogP contribution < -0.4 is 0 Å². The second kappa shape index (κ2) is 6.53. The minimum atomic E-state index is 0.673. The van der Waals surface area contributed by atoms with Gasteiger partial charge in [-0.2, -0.15) is 0 Å². The third-order valence-corrected chi connectivity index (χ3v) is 3.27. The number of fused-ring (bicyclic) bond motifs is 1. The molecule has 0 aliphatic heterocycles. The van der Waals surface area contributed by atoms with E-state index in [0.29, 0.717) is 5.89 Å². The summed E-state index contributed by atoms with van der Waals surface area (Å²) < 4.78 is 5.73. The van der Waals surface area contributed by atoms with Crippen LogP contribution in [0.2, 0.25) is 0 Å². The van der Waals surface area contributed by atoms with Crippen molar-refractivity contribution in [3.8, 4) is 11.5 Å². The molecule has 0 saturated heterocycles. The third kappa shape index (κ3) is 3.04. The van der Waals surface area contributed by atoms with E-state index in [4.69, 9.17) is 4.42 Å². The van der Waals surface area contributed by atoms with E-state index in [1.165, 1.54) is 5.56 Å². The number of oxazole rings is 1. The van der Waals surface area contributed by atoms with Crippen LogP contribution in [0.15, 0.2) is 52.9 Å². The van der Waals surface area contributed by atoms with Crippen molar-refractivity contribution < 1.29 is 4.42 Å². The smallest absolute Gasteiger partial charge is 0.227 e. The van der Waals surface area contributed by atoms with Crippen LogP contribution in [0.25, 0.3) is 22.6 Å². The fourth-order valence-electron chi connectivity index (χ4n) is 1.76. The Morgan fingerprint density at radius 2 is 1.79 bits per heavy atom. The first-order chi connectivity index (χ1) is 9.36. The molecule has 3 rings (SSSR count). The normalized spacial score (nSPS) is 10.1. The molecule has 0 spiro atoms. The molecule has 0 aliphatic rings. The van der Waals surface area contributed by atoms with E-state index in [0.717, 1.165) is 22.0 Å². The van der Waals surface area contributed by atoms with Crippen LogP contribution in [0.5, 0.6) is 0 Å². The number of hydrogen-bond donors (Lipinski definition) is 0. The van der Waals surface area contributed by atoms with Crippen LogP contribution in [0.4, 0.5) is 0 Å². The maximum atomic E-state index is 5.73. The molecule has 0 saturated carbocycles. The van der Waals surface area contributed by atoms with Gasteiger partial charge in [0.05, 0.1) is 0 Å². The Balaban J connectivity index is 0.000000637. The number of rotatable bonds is 2. The van der Waals surface area contributed by atoms with Crippen molar-refractivity contribution in [3.63, 3.8) is 0 Å².